The van der Waals surface area contributed by atoms with E-state index in [1.807, 2.05) is 49.7 Å². The van der Waals surface area contributed by atoms with Crippen molar-refractivity contribution in [1.29, 1.82) is 0 Å². The summed E-state index contributed by atoms with van der Waals surface area (Å²) in [6, 6.07) is 7.57. The van der Waals surface area contributed by atoms with Gasteiger partial charge in [-0.3, -0.25) is 9.36 Å². The zero-order valence-electron chi connectivity index (χ0n) is 17.0. The summed E-state index contributed by atoms with van der Waals surface area (Å²) in [6.07, 6.45) is 1.40. The third-order valence-corrected chi connectivity index (χ3v) is 5.09. The first-order valence-corrected chi connectivity index (χ1v) is 9.78. The Balaban J connectivity index is 1.63. The molecule has 8 heteroatoms. The lowest BCUT2D eigenvalue weighted by Gasteiger charge is -2.31. The fraction of sp³-hybridized carbons (Fsp3) is 0.550. The van der Waals surface area contributed by atoms with Crippen LogP contribution in [0.15, 0.2) is 24.3 Å². The van der Waals surface area contributed by atoms with Crippen LogP contribution in [0.5, 0.6) is 11.5 Å². The molecule has 1 aromatic heterocycles. The molecule has 1 aliphatic heterocycles. The number of piperidine rings is 1. The monoisotopic (exact) mass is 387 g/mol. The van der Waals surface area contributed by atoms with Crippen LogP contribution in [0.4, 0.5) is 5.95 Å². The molecule has 1 amide bonds. The quantitative estimate of drug-likeness (QED) is 0.785. The van der Waals surface area contributed by atoms with Gasteiger partial charge in [-0.2, -0.15) is 0 Å². The van der Waals surface area contributed by atoms with Gasteiger partial charge in [-0.1, -0.05) is 0 Å². The van der Waals surface area contributed by atoms with Gasteiger partial charge >= 0.3 is 0 Å². The smallest absolute Gasteiger partial charge is 0.227 e. The number of rotatable bonds is 7. The minimum atomic E-state index is -0.243. The van der Waals surface area contributed by atoms with Crippen LogP contribution < -0.4 is 19.7 Å². The van der Waals surface area contributed by atoms with Gasteiger partial charge < -0.3 is 19.7 Å². The van der Waals surface area contributed by atoms with Crippen LogP contribution >= 0.6 is 0 Å². The molecule has 1 aromatic carbocycles. The summed E-state index contributed by atoms with van der Waals surface area (Å²) in [7, 11) is 3.64. The Labute approximate surface area is 165 Å². The second-order valence-electron chi connectivity index (χ2n) is 6.96. The van der Waals surface area contributed by atoms with E-state index < -0.39 is 0 Å². The lowest BCUT2D eigenvalue weighted by Crippen LogP contribution is -2.40. The Kier molecular flexibility index (Phi) is 6.38. The van der Waals surface area contributed by atoms with Gasteiger partial charge in [-0.25, -0.2) is 0 Å². The van der Waals surface area contributed by atoms with Crippen molar-refractivity contribution in [2.24, 2.45) is 13.0 Å². The molecule has 2 aromatic rings. The molecule has 1 unspecified atom stereocenters. The van der Waals surface area contributed by atoms with E-state index in [1.165, 1.54) is 0 Å². The number of ether oxygens (including phenoxy) is 2. The van der Waals surface area contributed by atoms with E-state index in [-0.39, 0.29) is 17.9 Å². The molecule has 0 radical (unpaired) electrons. The average Bonchev–Trinajstić information content (AvgIpc) is 3.10. The summed E-state index contributed by atoms with van der Waals surface area (Å²) in [5.74, 6) is 3.35. The van der Waals surface area contributed by atoms with E-state index in [4.69, 9.17) is 9.47 Å². The summed E-state index contributed by atoms with van der Waals surface area (Å²) >= 11 is 0. The first kappa shape index (κ1) is 20.0. The summed E-state index contributed by atoms with van der Waals surface area (Å²) in [5, 5.41) is 11.5. The van der Waals surface area contributed by atoms with Crippen LogP contribution in [-0.2, 0) is 11.8 Å². The molecule has 1 saturated heterocycles. The normalized spacial score (nSPS) is 15.9. The SMILES string of the molecule is CCOc1ccc(OC(C)c2nnc(N3CCC(C(=O)NC)CC3)n2C)cc1. The Morgan fingerprint density at radius 2 is 1.86 bits per heavy atom. The van der Waals surface area contributed by atoms with Crippen LogP contribution in [0.1, 0.15) is 38.6 Å². The molecule has 0 aliphatic carbocycles. The maximum absolute atomic E-state index is 11.8. The first-order valence-electron chi connectivity index (χ1n) is 9.78. The molecule has 1 fully saturated rings. The summed E-state index contributed by atoms with van der Waals surface area (Å²) in [4.78, 5) is 14.0. The highest BCUT2D eigenvalue weighted by Crippen LogP contribution is 2.26. The average molecular weight is 387 g/mol. The van der Waals surface area contributed by atoms with Crippen LogP contribution in [0.2, 0.25) is 0 Å². The molecule has 0 spiro atoms. The number of hydrogen-bond acceptors (Lipinski definition) is 6. The number of anilines is 1. The molecule has 3 rings (SSSR count). The van der Waals surface area contributed by atoms with Crippen molar-refractivity contribution in [2.45, 2.75) is 32.8 Å². The Morgan fingerprint density at radius 1 is 1.21 bits per heavy atom. The number of nitrogens with zero attached hydrogens (tertiary/aromatic N) is 4. The van der Waals surface area contributed by atoms with Crippen LogP contribution in [0.25, 0.3) is 0 Å². The molecule has 1 atom stereocenters. The van der Waals surface area contributed by atoms with Crippen molar-refractivity contribution in [3.05, 3.63) is 30.1 Å². The first-order chi connectivity index (χ1) is 13.5. The molecule has 0 saturated carbocycles. The third kappa shape index (κ3) is 4.37. The highest BCUT2D eigenvalue weighted by atomic mass is 16.5. The van der Waals surface area contributed by atoms with E-state index in [0.717, 1.165) is 49.2 Å². The molecule has 2 heterocycles. The van der Waals surface area contributed by atoms with Gasteiger partial charge in [0.2, 0.25) is 11.9 Å². The van der Waals surface area contributed by atoms with Gasteiger partial charge in [0.15, 0.2) is 11.9 Å². The van der Waals surface area contributed by atoms with Crippen molar-refractivity contribution < 1.29 is 14.3 Å². The Hall–Kier alpha value is -2.77. The minimum Gasteiger partial charge on any atom is -0.494 e. The van der Waals surface area contributed by atoms with Crippen molar-refractivity contribution in [2.75, 3.05) is 31.6 Å². The molecule has 0 bridgehead atoms. The molecular formula is C20H29N5O3. The highest BCUT2D eigenvalue weighted by molar-refractivity contribution is 5.78. The van der Waals surface area contributed by atoms with Crippen molar-refractivity contribution in [3.63, 3.8) is 0 Å². The van der Waals surface area contributed by atoms with Gasteiger partial charge in [-0.15, -0.1) is 10.2 Å². The van der Waals surface area contributed by atoms with E-state index in [0.29, 0.717) is 6.61 Å². The van der Waals surface area contributed by atoms with Crippen molar-refractivity contribution in [1.82, 2.24) is 20.1 Å². The predicted octanol–water partition coefficient (Wildman–Crippen LogP) is 2.32. The zero-order chi connectivity index (χ0) is 20.1. The van der Waals surface area contributed by atoms with Crippen LogP contribution in [0.3, 0.4) is 0 Å². The number of hydrogen-bond donors (Lipinski definition) is 1. The van der Waals surface area contributed by atoms with Gasteiger partial charge in [0.1, 0.15) is 11.5 Å². The number of nitrogens with one attached hydrogen (secondary N) is 1. The molecule has 1 aliphatic rings. The highest BCUT2D eigenvalue weighted by Gasteiger charge is 2.27. The second-order valence-corrected chi connectivity index (χ2v) is 6.96. The van der Waals surface area contributed by atoms with E-state index in [2.05, 4.69) is 20.4 Å². The Morgan fingerprint density at radius 3 is 2.46 bits per heavy atom. The summed E-state index contributed by atoms with van der Waals surface area (Å²) in [5.41, 5.74) is 0. The molecule has 8 nitrogen and oxygen atoms in total. The lowest BCUT2D eigenvalue weighted by atomic mass is 9.96. The van der Waals surface area contributed by atoms with Gasteiger partial charge in [-0.05, 0) is 51.0 Å². The number of benzene rings is 1. The summed E-state index contributed by atoms with van der Waals surface area (Å²) in [6.45, 7) is 6.14. The van der Waals surface area contributed by atoms with Crippen LogP contribution in [-0.4, -0.2) is 47.4 Å². The van der Waals surface area contributed by atoms with Crippen LogP contribution in [0, 0.1) is 5.92 Å². The van der Waals surface area contributed by atoms with Gasteiger partial charge in [0.25, 0.3) is 0 Å². The lowest BCUT2D eigenvalue weighted by molar-refractivity contribution is -0.125. The number of carbonyl (C=O) groups excluding carboxylic acids is 1. The van der Waals surface area contributed by atoms with Gasteiger partial charge in [0, 0.05) is 33.1 Å². The number of carbonyl (C=O) groups is 1. The fourth-order valence-corrected chi connectivity index (χ4v) is 3.55. The largest absolute Gasteiger partial charge is 0.494 e. The van der Waals surface area contributed by atoms with Gasteiger partial charge in [0.05, 0.1) is 6.61 Å². The van der Waals surface area contributed by atoms with E-state index >= 15 is 0 Å². The molecular weight excluding hydrogens is 358 g/mol. The topological polar surface area (TPSA) is 81.5 Å². The number of amides is 1. The Bertz CT molecular complexity index is 782. The third-order valence-electron chi connectivity index (χ3n) is 5.09. The van der Waals surface area contributed by atoms with E-state index in [1.54, 1.807) is 7.05 Å². The summed E-state index contributed by atoms with van der Waals surface area (Å²) < 4.78 is 13.5. The predicted molar refractivity (Wildman–Crippen MR) is 107 cm³/mol. The van der Waals surface area contributed by atoms with Crippen molar-refractivity contribution in [3.8, 4) is 11.5 Å². The minimum absolute atomic E-state index is 0.0795. The maximum atomic E-state index is 11.8. The molecule has 28 heavy (non-hydrogen) atoms. The second kappa shape index (κ2) is 8.95. The van der Waals surface area contributed by atoms with E-state index in [9.17, 15) is 4.79 Å². The maximum Gasteiger partial charge on any atom is 0.227 e. The fourth-order valence-electron chi connectivity index (χ4n) is 3.55. The molecule has 152 valence electrons. The van der Waals surface area contributed by atoms with Crippen molar-refractivity contribution >= 4 is 11.9 Å². The number of aromatic nitrogens is 3. The zero-order valence-corrected chi connectivity index (χ0v) is 17.0. The standard InChI is InChI=1S/C20H29N5O3/c1-5-27-16-6-8-17(9-7-16)28-14(2)18-22-23-20(24(18)4)25-12-10-15(11-13-25)19(26)21-3/h6-9,14-15H,5,10-13H2,1-4H3,(H,21,26). The molecule has 1 N–H and O–H groups in total.